The smallest absolute Gasteiger partial charge is 0.179 e. The number of fused-ring (bicyclic) bond motifs is 10. The Bertz CT molecular complexity index is 3090. The van der Waals surface area contributed by atoms with E-state index in [1.54, 1.807) is 0 Å². The van der Waals surface area contributed by atoms with Gasteiger partial charge in [-0.25, -0.2) is 0 Å². The van der Waals surface area contributed by atoms with Gasteiger partial charge in [0.05, 0.1) is 11.0 Å². The first kappa shape index (κ1) is 32.4. The maximum absolute atomic E-state index is 2.80. The van der Waals surface area contributed by atoms with E-state index in [-0.39, 0.29) is 0 Å². The molecule has 0 aliphatic rings. The lowest BCUT2D eigenvalue weighted by atomic mass is 9.92. The second kappa shape index (κ2) is 13.1. The van der Waals surface area contributed by atoms with Crippen molar-refractivity contribution >= 4 is 82.9 Å². The van der Waals surface area contributed by atoms with Crippen molar-refractivity contribution in [2.75, 3.05) is 0 Å². The van der Waals surface area contributed by atoms with Crippen molar-refractivity contribution in [3.8, 4) is 16.8 Å². The second-order valence-electron chi connectivity index (χ2n) is 14.8. The molecule has 0 fully saturated rings. The zero-order valence-corrected chi connectivity index (χ0v) is 31.8. The molecular formula is C54H37NSi. The maximum atomic E-state index is 2.54. The lowest BCUT2D eigenvalue weighted by molar-refractivity contribution is 1.18. The van der Waals surface area contributed by atoms with Crippen molar-refractivity contribution in [3.63, 3.8) is 0 Å². The third kappa shape index (κ3) is 4.86. The molecule has 11 aromatic rings. The maximum Gasteiger partial charge on any atom is 0.179 e. The first-order valence-corrected chi connectivity index (χ1v) is 21.4. The van der Waals surface area contributed by atoms with Gasteiger partial charge in [0.1, 0.15) is 0 Å². The fourth-order valence-corrected chi connectivity index (χ4v) is 14.3. The third-order valence-electron chi connectivity index (χ3n) is 11.9. The first-order valence-electron chi connectivity index (χ1n) is 19.4. The molecule has 1 aromatic heterocycles. The van der Waals surface area contributed by atoms with E-state index in [9.17, 15) is 0 Å². The van der Waals surface area contributed by atoms with Crippen LogP contribution in [0.4, 0.5) is 0 Å². The van der Waals surface area contributed by atoms with Gasteiger partial charge in [-0.2, -0.15) is 0 Å². The van der Waals surface area contributed by atoms with Crippen molar-refractivity contribution in [3.05, 3.63) is 224 Å². The highest BCUT2D eigenvalue weighted by molar-refractivity contribution is 7.20. The van der Waals surface area contributed by atoms with Gasteiger partial charge in [-0.05, 0) is 83.1 Å². The molecule has 0 saturated carbocycles. The van der Waals surface area contributed by atoms with E-state index in [1.165, 1.54) is 86.0 Å². The van der Waals surface area contributed by atoms with Gasteiger partial charge in [-0.3, -0.25) is 0 Å². The van der Waals surface area contributed by atoms with Crippen LogP contribution >= 0.6 is 0 Å². The Kier molecular flexibility index (Phi) is 7.58. The lowest BCUT2D eigenvalue weighted by Gasteiger charge is -2.34. The van der Waals surface area contributed by atoms with E-state index in [2.05, 4.69) is 229 Å². The van der Waals surface area contributed by atoms with Crippen LogP contribution in [0.2, 0.25) is 0 Å². The molecule has 0 bridgehead atoms. The monoisotopic (exact) mass is 727 g/mol. The number of hydrogen-bond acceptors (Lipinski definition) is 0. The van der Waals surface area contributed by atoms with E-state index >= 15 is 0 Å². The number of nitrogens with zero attached hydrogens (tertiary/aromatic N) is 1. The molecule has 0 amide bonds. The molecule has 0 aliphatic carbocycles. The average Bonchev–Trinajstić information content (AvgIpc) is 3.62. The van der Waals surface area contributed by atoms with Gasteiger partial charge < -0.3 is 4.57 Å². The Labute approximate surface area is 327 Å². The number of rotatable bonds is 6. The summed E-state index contributed by atoms with van der Waals surface area (Å²) in [4.78, 5) is 0. The molecular weight excluding hydrogens is 691 g/mol. The van der Waals surface area contributed by atoms with Crippen molar-refractivity contribution in [1.82, 2.24) is 4.57 Å². The van der Waals surface area contributed by atoms with Crippen LogP contribution in [0.1, 0.15) is 0 Å². The van der Waals surface area contributed by atoms with Crippen LogP contribution in [0, 0.1) is 0 Å². The molecule has 0 radical (unpaired) electrons. The predicted molar refractivity (Wildman–Crippen MR) is 242 cm³/mol. The number of aromatic nitrogens is 1. The Hall–Kier alpha value is -7.00. The van der Waals surface area contributed by atoms with Gasteiger partial charge in [-0.15, -0.1) is 0 Å². The van der Waals surface area contributed by atoms with Gasteiger partial charge in [0.2, 0.25) is 0 Å². The van der Waals surface area contributed by atoms with Gasteiger partial charge >= 0.3 is 0 Å². The normalized spacial score (nSPS) is 11.9. The molecule has 11 rings (SSSR count). The van der Waals surface area contributed by atoms with E-state index in [1.807, 2.05) is 0 Å². The average molecular weight is 728 g/mol. The highest BCUT2D eigenvalue weighted by Crippen LogP contribution is 2.43. The summed E-state index contributed by atoms with van der Waals surface area (Å²) in [5.74, 6) is 0. The Balaban J connectivity index is 1.32. The fourth-order valence-electron chi connectivity index (χ4n) is 9.53. The molecule has 0 spiro atoms. The fraction of sp³-hybridized carbons (Fsp3) is 0. The highest BCUT2D eigenvalue weighted by atomic mass is 28.3. The summed E-state index contributed by atoms with van der Waals surface area (Å²) in [7, 11) is -2.80. The van der Waals surface area contributed by atoms with Gasteiger partial charge in [0.15, 0.2) is 8.07 Å². The SMILES string of the molecule is c1ccc(-c2cccc(-n3c4cc([Si](c5ccccc5)(c5ccccc5)c5ccccc5)ccc4c4c5c6ccccc6c6ccccc6c5ccc43)c2)cc1. The first-order chi connectivity index (χ1) is 27.8. The lowest BCUT2D eigenvalue weighted by Crippen LogP contribution is -2.74. The topological polar surface area (TPSA) is 4.93 Å². The molecule has 0 unspecified atom stereocenters. The highest BCUT2D eigenvalue weighted by Gasteiger charge is 2.41. The van der Waals surface area contributed by atoms with E-state index in [0.29, 0.717) is 0 Å². The van der Waals surface area contributed by atoms with Crippen LogP contribution in [-0.2, 0) is 0 Å². The molecule has 10 aromatic carbocycles. The molecule has 1 nitrogen and oxygen atoms in total. The number of benzene rings is 10. The minimum absolute atomic E-state index is 1.15. The van der Waals surface area contributed by atoms with Gasteiger partial charge in [0.25, 0.3) is 0 Å². The van der Waals surface area contributed by atoms with Crippen molar-refractivity contribution in [1.29, 1.82) is 0 Å². The summed E-state index contributed by atoms with van der Waals surface area (Å²) >= 11 is 0. The number of hydrogen-bond donors (Lipinski definition) is 0. The zero-order valence-electron chi connectivity index (χ0n) is 30.8. The molecule has 56 heavy (non-hydrogen) atoms. The largest absolute Gasteiger partial charge is 0.309 e. The van der Waals surface area contributed by atoms with E-state index < -0.39 is 8.07 Å². The molecule has 262 valence electrons. The van der Waals surface area contributed by atoms with E-state index in [0.717, 1.165) is 5.69 Å². The van der Waals surface area contributed by atoms with Gasteiger partial charge in [-0.1, -0.05) is 200 Å². The van der Waals surface area contributed by atoms with Crippen molar-refractivity contribution in [2.24, 2.45) is 0 Å². The minimum atomic E-state index is -2.80. The van der Waals surface area contributed by atoms with Crippen molar-refractivity contribution in [2.45, 2.75) is 0 Å². The molecule has 2 heteroatoms. The van der Waals surface area contributed by atoms with Crippen LogP contribution in [-0.4, -0.2) is 12.6 Å². The van der Waals surface area contributed by atoms with Gasteiger partial charge in [0, 0.05) is 21.8 Å². The minimum Gasteiger partial charge on any atom is -0.309 e. The summed E-state index contributed by atoms with van der Waals surface area (Å²) in [5.41, 5.74) is 5.99. The summed E-state index contributed by atoms with van der Waals surface area (Å²) < 4.78 is 2.53. The summed E-state index contributed by atoms with van der Waals surface area (Å²) in [6.07, 6.45) is 0. The van der Waals surface area contributed by atoms with Crippen LogP contribution in [0.15, 0.2) is 224 Å². The predicted octanol–water partition coefficient (Wildman–Crippen LogP) is 11.3. The molecule has 0 saturated heterocycles. The Morgan fingerprint density at radius 1 is 0.268 bits per heavy atom. The summed E-state index contributed by atoms with van der Waals surface area (Å²) in [6.45, 7) is 0. The van der Waals surface area contributed by atoms with Crippen LogP contribution in [0.5, 0.6) is 0 Å². The molecule has 0 N–H and O–H groups in total. The summed E-state index contributed by atoms with van der Waals surface area (Å²) in [5, 5.41) is 15.8. The standard InChI is InChI=1S/C54H37NSi/c1-5-18-38(19-6-1)39-20-17-21-40(36-39)55-51-35-34-49-47-30-14-13-28-45(47)46-29-15-16-31-48(46)53(49)54(51)50-33-32-44(37-52(50)55)56(41-22-7-2-8-23-41,42-24-9-3-10-25-42)43-26-11-4-12-27-43/h1-37H. The van der Waals surface area contributed by atoms with Crippen LogP contribution in [0.25, 0.3) is 70.9 Å². The van der Waals surface area contributed by atoms with E-state index in [4.69, 9.17) is 0 Å². The molecule has 0 aliphatic heterocycles. The van der Waals surface area contributed by atoms with Crippen LogP contribution in [0.3, 0.4) is 0 Å². The van der Waals surface area contributed by atoms with Crippen molar-refractivity contribution < 1.29 is 0 Å². The molecule has 0 atom stereocenters. The quantitative estimate of drug-likeness (QED) is 0.0913. The zero-order chi connectivity index (χ0) is 37.1. The summed E-state index contributed by atoms with van der Waals surface area (Å²) in [6, 6.07) is 83.5. The second-order valence-corrected chi connectivity index (χ2v) is 18.6. The Morgan fingerprint density at radius 3 is 1.32 bits per heavy atom. The van der Waals surface area contributed by atoms with Crippen LogP contribution < -0.4 is 20.7 Å². The third-order valence-corrected chi connectivity index (χ3v) is 16.7. The Morgan fingerprint density at radius 2 is 0.732 bits per heavy atom. The molecule has 1 heterocycles.